The molecule has 0 saturated heterocycles. The summed E-state index contributed by atoms with van der Waals surface area (Å²) in [5.41, 5.74) is 5.57. The normalized spacial score (nSPS) is 12.9. The summed E-state index contributed by atoms with van der Waals surface area (Å²) in [5, 5.41) is 13.7. The van der Waals surface area contributed by atoms with Crippen molar-refractivity contribution in [3.05, 3.63) is 108 Å². The molecule has 0 radical (unpaired) electrons. The highest BCUT2D eigenvalue weighted by Crippen LogP contribution is 2.23. The second kappa shape index (κ2) is 10.8. The smallest absolute Gasteiger partial charge is 0.243 e. The molecule has 36 heavy (non-hydrogen) atoms. The van der Waals surface area contributed by atoms with Gasteiger partial charge >= 0.3 is 0 Å². The molecule has 180 valence electrons. The molecule has 0 unspecified atom stereocenters. The fourth-order valence-corrected chi connectivity index (χ4v) is 4.19. The lowest BCUT2D eigenvalue weighted by Gasteiger charge is -2.11. The van der Waals surface area contributed by atoms with Gasteiger partial charge in [-0.05, 0) is 17.7 Å². The number of benzene rings is 3. The van der Waals surface area contributed by atoms with Crippen LogP contribution >= 0.6 is 0 Å². The molecule has 0 fully saturated rings. The molecule has 5 rings (SSSR count). The Morgan fingerprint density at radius 3 is 2.14 bits per heavy atom. The minimum absolute atomic E-state index is 0.110. The number of rotatable bonds is 8. The van der Waals surface area contributed by atoms with Crippen LogP contribution < -0.4 is 5.32 Å². The number of amides is 2. The maximum absolute atomic E-state index is 12.6. The highest BCUT2D eigenvalue weighted by atomic mass is 16.2. The first-order valence-electron chi connectivity index (χ1n) is 12.1. The van der Waals surface area contributed by atoms with Crippen molar-refractivity contribution in [3.63, 3.8) is 0 Å². The molecule has 4 aromatic rings. The summed E-state index contributed by atoms with van der Waals surface area (Å²) < 4.78 is 1.82. The van der Waals surface area contributed by atoms with Gasteiger partial charge in [-0.15, -0.1) is 0 Å². The van der Waals surface area contributed by atoms with Crippen LogP contribution in [-0.2, 0) is 16.1 Å². The summed E-state index contributed by atoms with van der Waals surface area (Å²) in [6.45, 7) is 0.869. The van der Waals surface area contributed by atoms with E-state index in [0.717, 1.165) is 40.2 Å². The average Bonchev–Trinajstić information content (AvgIpc) is 3.60. The van der Waals surface area contributed by atoms with Gasteiger partial charge < -0.3 is 5.32 Å². The van der Waals surface area contributed by atoms with Crippen LogP contribution in [0.25, 0.3) is 16.9 Å². The fourth-order valence-electron chi connectivity index (χ4n) is 4.19. The van der Waals surface area contributed by atoms with Gasteiger partial charge in [-0.1, -0.05) is 78.9 Å². The Hall–Kier alpha value is -4.52. The SMILES string of the molecule is O=C(CCC(=O)N1CCC(c2ccccc2)=N1)NCc1cn(-c2ccccc2)nc1-c1ccccc1. The molecule has 3 aromatic carbocycles. The van der Waals surface area contributed by atoms with E-state index in [0.29, 0.717) is 13.1 Å². The van der Waals surface area contributed by atoms with Crippen molar-refractivity contribution in [1.29, 1.82) is 0 Å². The van der Waals surface area contributed by atoms with E-state index in [4.69, 9.17) is 5.10 Å². The van der Waals surface area contributed by atoms with Gasteiger partial charge in [0.15, 0.2) is 0 Å². The zero-order valence-electron chi connectivity index (χ0n) is 19.9. The van der Waals surface area contributed by atoms with Crippen LogP contribution in [0.15, 0.2) is 102 Å². The highest BCUT2D eigenvalue weighted by Gasteiger charge is 2.22. The molecule has 2 amide bonds. The van der Waals surface area contributed by atoms with Crippen LogP contribution in [0, 0.1) is 0 Å². The lowest BCUT2D eigenvalue weighted by molar-refractivity contribution is -0.133. The van der Waals surface area contributed by atoms with Crippen LogP contribution in [0.2, 0.25) is 0 Å². The van der Waals surface area contributed by atoms with Crippen molar-refractivity contribution in [2.75, 3.05) is 6.54 Å². The minimum Gasteiger partial charge on any atom is -0.352 e. The van der Waals surface area contributed by atoms with Gasteiger partial charge in [0, 0.05) is 43.1 Å². The Kier molecular flexibility index (Phi) is 6.98. The molecule has 7 heteroatoms. The van der Waals surface area contributed by atoms with Gasteiger partial charge in [-0.2, -0.15) is 10.2 Å². The van der Waals surface area contributed by atoms with E-state index in [2.05, 4.69) is 10.4 Å². The van der Waals surface area contributed by atoms with Gasteiger partial charge in [-0.25, -0.2) is 9.69 Å². The Bertz CT molecular complexity index is 1360. The Labute approximate surface area is 210 Å². The van der Waals surface area contributed by atoms with Gasteiger partial charge in [0.2, 0.25) is 11.8 Å². The van der Waals surface area contributed by atoms with E-state index in [1.54, 1.807) is 0 Å². The number of hydrogen-bond donors (Lipinski definition) is 1. The molecule has 0 spiro atoms. The monoisotopic (exact) mass is 477 g/mol. The third-order valence-corrected chi connectivity index (χ3v) is 6.10. The molecule has 2 heterocycles. The van der Waals surface area contributed by atoms with Gasteiger partial charge in [0.25, 0.3) is 0 Å². The van der Waals surface area contributed by atoms with Crippen molar-refractivity contribution < 1.29 is 9.59 Å². The molecule has 0 atom stereocenters. The second-order valence-corrected chi connectivity index (χ2v) is 8.61. The number of hydrogen-bond acceptors (Lipinski definition) is 4. The third kappa shape index (κ3) is 5.41. The zero-order valence-corrected chi connectivity index (χ0v) is 19.9. The van der Waals surface area contributed by atoms with Crippen molar-refractivity contribution >= 4 is 17.5 Å². The van der Waals surface area contributed by atoms with E-state index in [1.807, 2.05) is 102 Å². The Morgan fingerprint density at radius 2 is 1.44 bits per heavy atom. The maximum Gasteiger partial charge on any atom is 0.243 e. The number of nitrogens with one attached hydrogen (secondary N) is 1. The van der Waals surface area contributed by atoms with Crippen molar-refractivity contribution in [2.45, 2.75) is 25.8 Å². The molecule has 0 saturated carbocycles. The lowest BCUT2D eigenvalue weighted by atomic mass is 10.1. The summed E-state index contributed by atoms with van der Waals surface area (Å²) in [6.07, 6.45) is 2.88. The predicted octanol–water partition coefficient (Wildman–Crippen LogP) is 4.57. The molecular formula is C29H27N5O2. The van der Waals surface area contributed by atoms with Crippen LogP contribution in [0.4, 0.5) is 0 Å². The standard InChI is InChI=1S/C29H27N5O2/c35-27(16-17-28(36)33-19-18-26(31-33)22-10-4-1-5-11-22)30-20-24-21-34(25-14-8-3-9-15-25)32-29(24)23-12-6-2-7-13-23/h1-15,21H,16-20H2,(H,30,35). The zero-order chi connectivity index (χ0) is 24.7. The average molecular weight is 478 g/mol. The summed E-state index contributed by atoms with van der Waals surface area (Å²) in [6, 6.07) is 29.6. The number of carbonyl (C=O) groups is 2. The summed E-state index contributed by atoms with van der Waals surface area (Å²) >= 11 is 0. The summed E-state index contributed by atoms with van der Waals surface area (Å²) in [7, 11) is 0. The molecule has 7 nitrogen and oxygen atoms in total. The van der Waals surface area contributed by atoms with E-state index in [1.165, 1.54) is 5.01 Å². The predicted molar refractivity (Wildman–Crippen MR) is 139 cm³/mol. The Balaban J connectivity index is 1.20. The highest BCUT2D eigenvalue weighted by molar-refractivity contribution is 6.02. The third-order valence-electron chi connectivity index (χ3n) is 6.10. The van der Waals surface area contributed by atoms with E-state index in [9.17, 15) is 9.59 Å². The van der Waals surface area contributed by atoms with Crippen molar-refractivity contribution in [1.82, 2.24) is 20.1 Å². The van der Waals surface area contributed by atoms with Crippen molar-refractivity contribution in [2.24, 2.45) is 5.10 Å². The van der Waals surface area contributed by atoms with Gasteiger partial charge in [0.05, 0.1) is 23.6 Å². The minimum atomic E-state index is -0.179. The molecule has 1 N–H and O–H groups in total. The molecule has 1 aliphatic heterocycles. The van der Waals surface area contributed by atoms with Crippen molar-refractivity contribution in [3.8, 4) is 16.9 Å². The molecule has 1 aromatic heterocycles. The number of para-hydroxylation sites is 1. The summed E-state index contributed by atoms with van der Waals surface area (Å²) in [4.78, 5) is 25.2. The second-order valence-electron chi connectivity index (χ2n) is 8.61. The Morgan fingerprint density at radius 1 is 0.806 bits per heavy atom. The van der Waals surface area contributed by atoms with E-state index >= 15 is 0 Å². The summed E-state index contributed by atoms with van der Waals surface area (Å²) in [5.74, 6) is -0.320. The van der Waals surface area contributed by atoms with Crippen LogP contribution in [0.5, 0.6) is 0 Å². The van der Waals surface area contributed by atoms with E-state index in [-0.39, 0.29) is 24.7 Å². The quantitative estimate of drug-likeness (QED) is 0.404. The van der Waals surface area contributed by atoms with Gasteiger partial charge in [-0.3, -0.25) is 9.59 Å². The number of aromatic nitrogens is 2. The van der Waals surface area contributed by atoms with Crippen LogP contribution in [0.3, 0.4) is 0 Å². The number of hydrazone groups is 1. The largest absolute Gasteiger partial charge is 0.352 e. The maximum atomic E-state index is 12.6. The number of nitrogens with zero attached hydrogens (tertiary/aromatic N) is 4. The molecule has 0 bridgehead atoms. The number of carbonyl (C=O) groups excluding carboxylic acids is 2. The van der Waals surface area contributed by atoms with Gasteiger partial charge in [0.1, 0.15) is 0 Å². The first kappa shape index (κ1) is 23.2. The topological polar surface area (TPSA) is 79.6 Å². The van der Waals surface area contributed by atoms with E-state index < -0.39 is 0 Å². The fraction of sp³-hybridized carbons (Fsp3) is 0.172. The first-order valence-corrected chi connectivity index (χ1v) is 12.1. The molecule has 0 aliphatic carbocycles. The molecule has 1 aliphatic rings. The lowest BCUT2D eigenvalue weighted by Crippen LogP contribution is -2.27. The van der Waals surface area contributed by atoms with Crippen LogP contribution in [0.1, 0.15) is 30.4 Å². The van der Waals surface area contributed by atoms with Crippen LogP contribution in [-0.4, -0.2) is 38.9 Å². The first-order chi connectivity index (χ1) is 17.7. The molecular weight excluding hydrogens is 450 g/mol.